The largest absolute Gasteiger partial charge is 0.279 e. The normalized spacial score (nSPS) is 11.9. The van der Waals surface area contributed by atoms with Crippen LogP contribution >= 0.6 is 11.6 Å². The molecule has 0 fully saturated rings. The number of aliphatic imine (C=N–C) groups is 1. The molecule has 0 aliphatic carbocycles. The first-order chi connectivity index (χ1) is 7.22. The maximum atomic E-state index is 10.8. The van der Waals surface area contributed by atoms with Gasteiger partial charge in [0.15, 0.2) is 0 Å². The highest BCUT2D eigenvalue weighted by atomic mass is 35.5. The van der Waals surface area contributed by atoms with E-state index < -0.39 is 11.3 Å². The second-order valence-corrected chi connectivity index (χ2v) is 3.97. The summed E-state index contributed by atoms with van der Waals surface area (Å²) in [6.45, 7) is 2.17. The molecule has 0 aromatic rings. The Morgan fingerprint density at radius 2 is 1.87 bits per heavy atom. The summed E-state index contributed by atoms with van der Waals surface area (Å²) in [5, 5.41) is -0.563. The van der Waals surface area contributed by atoms with Crippen LogP contribution in [0.2, 0.25) is 0 Å². The number of unbranched alkanes of at least 4 members (excludes halogenated alkanes) is 5. The van der Waals surface area contributed by atoms with E-state index in [-0.39, 0.29) is 0 Å². The van der Waals surface area contributed by atoms with Crippen molar-refractivity contribution in [3.05, 3.63) is 0 Å². The molecule has 0 heterocycles. The van der Waals surface area contributed by atoms with E-state index in [1.807, 2.05) is 0 Å². The van der Waals surface area contributed by atoms with Crippen LogP contribution in [-0.2, 0) is 9.59 Å². The van der Waals surface area contributed by atoms with Gasteiger partial charge in [0.05, 0.1) is 0 Å². The van der Waals surface area contributed by atoms with Crippen molar-refractivity contribution in [1.29, 1.82) is 0 Å². The summed E-state index contributed by atoms with van der Waals surface area (Å²) in [5.41, 5.74) is 0. The van der Waals surface area contributed by atoms with Crippen molar-refractivity contribution in [3.63, 3.8) is 0 Å². The molecule has 4 heteroatoms. The Labute approximate surface area is 95.9 Å². The van der Waals surface area contributed by atoms with Gasteiger partial charge in [0.1, 0.15) is 6.04 Å². The van der Waals surface area contributed by atoms with Gasteiger partial charge in [0, 0.05) is 0 Å². The minimum absolute atomic E-state index is 0.559. The fraction of sp³-hybridized carbons (Fsp3) is 0.818. The van der Waals surface area contributed by atoms with E-state index in [9.17, 15) is 9.59 Å². The number of hydrogen-bond acceptors (Lipinski definition) is 3. The molecule has 0 bridgehead atoms. The summed E-state index contributed by atoms with van der Waals surface area (Å²) >= 11 is 5.27. The molecule has 0 N–H and O–H groups in total. The first-order valence-electron chi connectivity index (χ1n) is 5.48. The Morgan fingerprint density at radius 3 is 2.40 bits per heavy atom. The second kappa shape index (κ2) is 9.88. The van der Waals surface area contributed by atoms with Crippen LogP contribution in [0.3, 0.4) is 0 Å². The third-order valence-corrected chi connectivity index (χ3v) is 2.55. The average molecular weight is 232 g/mol. The van der Waals surface area contributed by atoms with E-state index in [0.717, 1.165) is 12.8 Å². The first kappa shape index (κ1) is 14.3. The second-order valence-electron chi connectivity index (χ2n) is 3.60. The van der Waals surface area contributed by atoms with Crippen molar-refractivity contribution in [2.75, 3.05) is 0 Å². The molecule has 86 valence electrons. The Kier molecular flexibility index (Phi) is 9.44. The van der Waals surface area contributed by atoms with Crippen LogP contribution in [0.4, 0.5) is 0 Å². The van der Waals surface area contributed by atoms with Gasteiger partial charge in [-0.05, 0) is 18.0 Å². The molecule has 1 atom stereocenters. The van der Waals surface area contributed by atoms with Gasteiger partial charge in [-0.2, -0.15) is 4.99 Å². The van der Waals surface area contributed by atoms with Gasteiger partial charge >= 0.3 is 0 Å². The smallest absolute Gasteiger partial charge is 0.247 e. The molecule has 0 aliphatic heterocycles. The topological polar surface area (TPSA) is 46.5 Å². The summed E-state index contributed by atoms with van der Waals surface area (Å²) in [7, 11) is 0. The summed E-state index contributed by atoms with van der Waals surface area (Å²) in [5.74, 6) is 0. The molecule has 0 saturated heterocycles. The summed E-state index contributed by atoms with van der Waals surface area (Å²) < 4.78 is 0. The molecular formula is C11H18ClNO2. The van der Waals surface area contributed by atoms with Crippen LogP contribution in [0.25, 0.3) is 0 Å². The molecular weight excluding hydrogens is 214 g/mol. The van der Waals surface area contributed by atoms with Gasteiger partial charge < -0.3 is 0 Å². The Balaban J connectivity index is 3.54. The molecule has 0 aliphatic rings. The van der Waals surface area contributed by atoms with Crippen molar-refractivity contribution in [1.82, 2.24) is 0 Å². The van der Waals surface area contributed by atoms with Crippen molar-refractivity contribution in [2.45, 2.75) is 57.9 Å². The van der Waals surface area contributed by atoms with E-state index >= 15 is 0 Å². The number of carbonyl (C=O) groups excluding carboxylic acids is 2. The molecule has 3 nitrogen and oxygen atoms in total. The van der Waals surface area contributed by atoms with E-state index in [1.165, 1.54) is 31.8 Å². The maximum absolute atomic E-state index is 10.8. The number of halogens is 1. The van der Waals surface area contributed by atoms with E-state index in [2.05, 4.69) is 11.9 Å². The van der Waals surface area contributed by atoms with Gasteiger partial charge in [-0.3, -0.25) is 4.79 Å². The van der Waals surface area contributed by atoms with Crippen molar-refractivity contribution < 1.29 is 9.59 Å². The van der Waals surface area contributed by atoms with Crippen molar-refractivity contribution >= 4 is 22.9 Å². The third kappa shape index (κ3) is 8.34. The van der Waals surface area contributed by atoms with Crippen LogP contribution in [0.15, 0.2) is 4.99 Å². The predicted octanol–water partition coefficient (Wildman–Crippen LogP) is 3.21. The average Bonchev–Trinajstić information content (AvgIpc) is 2.21. The van der Waals surface area contributed by atoms with Crippen LogP contribution in [0, 0.1) is 0 Å². The fourth-order valence-corrected chi connectivity index (χ4v) is 1.57. The Morgan fingerprint density at radius 1 is 1.27 bits per heavy atom. The molecule has 1 unspecified atom stereocenters. The van der Waals surface area contributed by atoms with E-state index in [4.69, 9.17) is 11.6 Å². The molecule has 0 radical (unpaired) electrons. The quantitative estimate of drug-likeness (QED) is 0.265. The van der Waals surface area contributed by atoms with Gasteiger partial charge in [-0.25, -0.2) is 4.79 Å². The molecule has 15 heavy (non-hydrogen) atoms. The van der Waals surface area contributed by atoms with Gasteiger partial charge in [-0.15, -0.1) is 0 Å². The molecule has 0 saturated carbocycles. The van der Waals surface area contributed by atoms with E-state index in [0.29, 0.717) is 6.42 Å². The zero-order valence-corrected chi connectivity index (χ0v) is 9.92. The zero-order valence-electron chi connectivity index (χ0n) is 9.17. The van der Waals surface area contributed by atoms with Crippen LogP contribution in [0.5, 0.6) is 0 Å². The number of rotatable bonds is 9. The van der Waals surface area contributed by atoms with Gasteiger partial charge in [-0.1, -0.05) is 45.4 Å². The standard InChI is InChI=1S/C11H18ClNO2/c1-2-3-4-5-6-7-8-10(11(12)15)13-9-14/h10H,2-8H2,1H3. The third-order valence-electron chi connectivity index (χ3n) is 2.30. The Hall–Kier alpha value is -0.660. The number of hydrogen-bond donors (Lipinski definition) is 0. The minimum Gasteiger partial charge on any atom is -0.279 e. The Bertz CT molecular complexity index is 223. The van der Waals surface area contributed by atoms with Crippen molar-refractivity contribution in [2.24, 2.45) is 4.99 Å². The monoisotopic (exact) mass is 231 g/mol. The maximum Gasteiger partial charge on any atom is 0.247 e. The van der Waals surface area contributed by atoms with Crippen LogP contribution in [-0.4, -0.2) is 17.4 Å². The summed E-state index contributed by atoms with van der Waals surface area (Å²) in [4.78, 5) is 24.2. The molecule has 0 rings (SSSR count). The first-order valence-corrected chi connectivity index (χ1v) is 5.86. The highest BCUT2D eigenvalue weighted by Crippen LogP contribution is 2.11. The molecule has 0 aromatic carbocycles. The summed E-state index contributed by atoms with van der Waals surface area (Å²) in [6, 6.07) is -0.685. The van der Waals surface area contributed by atoms with Gasteiger partial charge in [0.2, 0.25) is 11.3 Å². The lowest BCUT2D eigenvalue weighted by Gasteiger charge is -2.04. The molecule has 0 spiro atoms. The fourth-order valence-electron chi connectivity index (χ4n) is 1.41. The highest BCUT2D eigenvalue weighted by Gasteiger charge is 2.13. The number of nitrogens with zero attached hydrogens (tertiary/aromatic N) is 1. The SMILES string of the molecule is CCCCCCCCC(N=C=O)C(=O)Cl. The lowest BCUT2D eigenvalue weighted by Crippen LogP contribution is -2.12. The summed E-state index contributed by atoms with van der Waals surface area (Å²) in [6.07, 6.45) is 8.76. The van der Waals surface area contributed by atoms with Crippen LogP contribution < -0.4 is 0 Å². The zero-order chi connectivity index (χ0) is 11.5. The van der Waals surface area contributed by atoms with Crippen molar-refractivity contribution in [3.8, 4) is 0 Å². The number of isocyanates is 1. The molecule has 0 amide bonds. The lowest BCUT2D eigenvalue weighted by atomic mass is 10.1. The van der Waals surface area contributed by atoms with Crippen LogP contribution in [0.1, 0.15) is 51.9 Å². The predicted molar refractivity (Wildman–Crippen MR) is 60.8 cm³/mol. The van der Waals surface area contributed by atoms with E-state index in [1.54, 1.807) is 0 Å². The van der Waals surface area contributed by atoms with Gasteiger partial charge in [0.25, 0.3) is 0 Å². The minimum atomic E-state index is -0.685. The highest BCUT2D eigenvalue weighted by molar-refractivity contribution is 6.64. The molecule has 0 aromatic heterocycles. The lowest BCUT2D eigenvalue weighted by molar-refractivity contribution is -0.112. The number of carbonyl (C=O) groups is 1.